The lowest BCUT2D eigenvalue weighted by Gasteiger charge is -1.98. The molecule has 0 spiro atoms. The van der Waals surface area contributed by atoms with Crippen LogP contribution in [0.15, 0.2) is 0 Å². The van der Waals surface area contributed by atoms with Gasteiger partial charge in [0.15, 0.2) is 4.58 Å². The van der Waals surface area contributed by atoms with Gasteiger partial charge in [0.05, 0.1) is 0 Å². The zero-order valence-electron chi connectivity index (χ0n) is 4.46. The minimum atomic E-state index is -1.04. The van der Waals surface area contributed by atoms with E-state index in [9.17, 15) is 4.39 Å². The van der Waals surface area contributed by atoms with Gasteiger partial charge in [-0.05, 0) is 15.9 Å². The fourth-order valence-electron chi connectivity index (χ4n) is 0.511. The Morgan fingerprint density at radius 3 is 1.71 bits per heavy atom. The molecule has 0 amide bonds. The Morgan fingerprint density at radius 1 is 1.57 bits per heavy atom. The molecule has 1 atom stereocenters. The summed E-state index contributed by atoms with van der Waals surface area (Å²) in [4.78, 5) is 0. The fraction of sp³-hybridized carbons (Fsp3) is 1.00. The molecule has 0 radical (unpaired) electrons. The third-order valence-corrected chi connectivity index (χ3v) is 2.88. The summed E-state index contributed by atoms with van der Waals surface area (Å²) in [6.07, 6.45) is 0.653. The van der Waals surface area contributed by atoms with Crippen LogP contribution >= 0.6 is 15.9 Å². The van der Waals surface area contributed by atoms with Gasteiger partial charge in [-0.3, -0.25) is 0 Å². The van der Waals surface area contributed by atoms with E-state index in [1.807, 2.05) is 13.8 Å². The molecular formula is C5H8BrF. The van der Waals surface area contributed by atoms with Crippen molar-refractivity contribution >= 4 is 15.9 Å². The molecule has 0 aliphatic heterocycles. The maximum Gasteiger partial charge on any atom is 0.170 e. The Bertz CT molecular complexity index is 84.3. The molecular weight excluding hydrogens is 159 g/mol. The van der Waals surface area contributed by atoms with Crippen LogP contribution in [0.4, 0.5) is 4.39 Å². The van der Waals surface area contributed by atoms with E-state index in [1.54, 1.807) is 0 Å². The van der Waals surface area contributed by atoms with Crippen LogP contribution in [-0.2, 0) is 0 Å². The Kier molecular flexibility index (Phi) is 0.826. The minimum Gasteiger partial charge on any atom is -0.231 e. The lowest BCUT2D eigenvalue weighted by molar-refractivity contribution is 0.368. The highest BCUT2D eigenvalue weighted by Gasteiger charge is 2.61. The summed E-state index contributed by atoms with van der Waals surface area (Å²) in [6, 6.07) is 0. The molecule has 0 bridgehead atoms. The van der Waals surface area contributed by atoms with E-state index in [1.165, 1.54) is 0 Å². The van der Waals surface area contributed by atoms with Gasteiger partial charge in [-0.2, -0.15) is 0 Å². The molecule has 42 valence electrons. The lowest BCUT2D eigenvalue weighted by atomic mass is 10.2. The molecule has 1 aliphatic carbocycles. The molecule has 7 heavy (non-hydrogen) atoms. The van der Waals surface area contributed by atoms with E-state index < -0.39 is 4.58 Å². The van der Waals surface area contributed by atoms with Crippen molar-refractivity contribution in [1.82, 2.24) is 0 Å². The number of hydrogen-bond acceptors (Lipinski definition) is 0. The van der Waals surface area contributed by atoms with Crippen LogP contribution in [0.25, 0.3) is 0 Å². The normalized spacial score (nSPS) is 46.3. The molecule has 1 rings (SSSR count). The summed E-state index contributed by atoms with van der Waals surface area (Å²) >= 11 is 2.94. The van der Waals surface area contributed by atoms with E-state index in [-0.39, 0.29) is 5.41 Å². The molecule has 0 aromatic rings. The molecule has 1 fully saturated rings. The third-order valence-electron chi connectivity index (χ3n) is 1.53. The summed E-state index contributed by atoms with van der Waals surface area (Å²) < 4.78 is 11.5. The van der Waals surface area contributed by atoms with Gasteiger partial charge >= 0.3 is 0 Å². The van der Waals surface area contributed by atoms with E-state index >= 15 is 0 Å². The van der Waals surface area contributed by atoms with Crippen LogP contribution in [0.3, 0.4) is 0 Å². The molecule has 0 N–H and O–H groups in total. The fourth-order valence-corrected chi connectivity index (χ4v) is 1.21. The highest BCUT2D eigenvalue weighted by Crippen LogP contribution is 2.62. The summed E-state index contributed by atoms with van der Waals surface area (Å²) in [6.45, 7) is 3.81. The van der Waals surface area contributed by atoms with Gasteiger partial charge in [-0.25, -0.2) is 4.39 Å². The highest BCUT2D eigenvalue weighted by atomic mass is 79.9. The van der Waals surface area contributed by atoms with Crippen molar-refractivity contribution in [2.75, 3.05) is 0 Å². The van der Waals surface area contributed by atoms with Crippen molar-refractivity contribution in [2.45, 2.75) is 24.8 Å². The average Bonchev–Trinajstić information content (AvgIpc) is 1.63. The molecule has 0 nitrogen and oxygen atoms in total. The van der Waals surface area contributed by atoms with Crippen LogP contribution in [0, 0.1) is 5.41 Å². The standard InChI is InChI=1S/C5H8BrF/c1-4(2)3-5(4,6)7/h3H2,1-2H3. The maximum absolute atomic E-state index is 12.5. The average molecular weight is 167 g/mol. The van der Waals surface area contributed by atoms with Gasteiger partial charge in [-0.1, -0.05) is 13.8 Å². The van der Waals surface area contributed by atoms with E-state index in [0.29, 0.717) is 6.42 Å². The van der Waals surface area contributed by atoms with Crippen molar-refractivity contribution in [2.24, 2.45) is 5.41 Å². The summed E-state index contributed by atoms with van der Waals surface area (Å²) in [7, 11) is 0. The Labute approximate surface area is 51.2 Å². The van der Waals surface area contributed by atoms with Crippen LogP contribution in [0.1, 0.15) is 20.3 Å². The van der Waals surface area contributed by atoms with Crippen LogP contribution in [0.5, 0.6) is 0 Å². The second kappa shape index (κ2) is 1.04. The largest absolute Gasteiger partial charge is 0.231 e. The summed E-state index contributed by atoms with van der Waals surface area (Å²) in [5.41, 5.74) is -0.104. The minimum absolute atomic E-state index is 0.104. The van der Waals surface area contributed by atoms with Crippen LogP contribution in [-0.4, -0.2) is 4.58 Å². The number of halogens is 2. The first-order chi connectivity index (χ1) is 2.96. The van der Waals surface area contributed by atoms with Crippen molar-refractivity contribution in [3.63, 3.8) is 0 Å². The van der Waals surface area contributed by atoms with Gasteiger partial charge in [0.1, 0.15) is 0 Å². The van der Waals surface area contributed by atoms with E-state index in [4.69, 9.17) is 0 Å². The SMILES string of the molecule is CC1(C)CC1(F)Br. The zero-order valence-corrected chi connectivity index (χ0v) is 6.05. The van der Waals surface area contributed by atoms with Gasteiger partial charge < -0.3 is 0 Å². The Balaban J connectivity index is 2.59. The predicted molar refractivity (Wildman–Crippen MR) is 31.2 cm³/mol. The van der Waals surface area contributed by atoms with Gasteiger partial charge in [0.2, 0.25) is 0 Å². The first-order valence-corrected chi connectivity index (χ1v) is 3.13. The summed E-state index contributed by atoms with van der Waals surface area (Å²) in [5, 5.41) is 0. The monoisotopic (exact) mass is 166 g/mol. The molecule has 0 aromatic carbocycles. The number of alkyl halides is 2. The molecule has 1 unspecified atom stereocenters. The zero-order chi connectivity index (χ0) is 5.71. The summed E-state index contributed by atoms with van der Waals surface area (Å²) in [5.74, 6) is 0. The maximum atomic E-state index is 12.5. The van der Waals surface area contributed by atoms with Crippen molar-refractivity contribution in [1.29, 1.82) is 0 Å². The van der Waals surface area contributed by atoms with Gasteiger partial charge in [0.25, 0.3) is 0 Å². The highest BCUT2D eigenvalue weighted by molar-refractivity contribution is 9.10. The number of hydrogen-bond donors (Lipinski definition) is 0. The van der Waals surface area contributed by atoms with Gasteiger partial charge in [0, 0.05) is 11.8 Å². The molecule has 0 saturated heterocycles. The predicted octanol–water partition coefficient (Wildman–Crippen LogP) is 2.48. The van der Waals surface area contributed by atoms with Crippen LogP contribution in [0.2, 0.25) is 0 Å². The Morgan fingerprint density at radius 2 is 1.71 bits per heavy atom. The Hall–Kier alpha value is 0.410. The van der Waals surface area contributed by atoms with E-state index in [2.05, 4.69) is 15.9 Å². The quantitative estimate of drug-likeness (QED) is 0.486. The molecule has 0 aromatic heterocycles. The van der Waals surface area contributed by atoms with Crippen molar-refractivity contribution in [3.05, 3.63) is 0 Å². The molecule has 1 saturated carbocycles. The number of rotatable bonds is 0. The van der Waals surface area contributed by atoms with Crippen molar-refractivity contribution in [3.8, 4) is 0 Å². The molecule has 0 heterocycles. The first-order valence-electron chi connectivity index (χ1n) is 2.34. The lowest BCUT2D eigenvalue weighted by Crippen LogP contribution is -1.96. The van der Waals surface area contributed by atoms with Crippen LogP contribution < -0.4 is 0 Å². The van der Waals surface area contributed by atoms with Crippen molar-refractivity contribution < 1.29 is 4.39 Å². The smallest absolute Gasteiger partial charge is 0.170 e. The molecule has 1 aliphatic rings. The van der Waals surface area contributed by atoms with E-state index in [0.717, 1.165) is 0 Å². The molecule has 2 heteroatoms. The second-order valence-corrected chi connectivity index (χ2v) is 4.02. The van der Waals surface area contributed by atoms with Gasteiger partial charge in [-0.15, -0.1) is 0 Å². The topological polar surface area (TPSA) is 0 Å². The first kappa shape index (κ1) is 5.54. The third kappa shape index (κ3) is 0.693. The second-order valence-electron chi connectivity index (χ2n) is 2.77.